The van der Waals surface area contributed by atoms with Gasteiger partial charge in [0.1, 0.15) is 0 Å². The maximum absolute atomic E-state index is 12.4. The van der Waals surface area contributed by atoms with Gasteiger partial charge in [0.05, 0.1) is 5.56 Å². The number of hydrogen-bond donors (Lipinski definition) is 2. The van der Waals surface area contributed by atoms with E-state index in [1.807, 2.05) is 24.3 Å². The Morgan fingerprint density at radius 1 is 1.14 bits per heavy atom. The quantitative estimate of drug-likeness (QED) is 0.696. The van der Waals surface area contributed by atoms with Gasteiger partial charge in [0.2, 0.25) is 0 Å². The van der Waals surface area contributed by atoms with Crippen molar-refractivity contribution < 1.29 is 19.1 Å². The van der Waals surface area contributed by atoms with Crippen molar-refractivity contribution in [3.8, 4) is 0 Å². The van der Waals surface area contributed by atoms with Crippen LogP contribution in [0.5, 0.6) is 0 Å². The fraction of sp³-hybridized carbons (Fsp3) is 0.250. The van der Waals surface area contributed by atoms with Gasteiger partial charge in [0.25, 0.3) is 5.91 Å². The summed E-state index contributed by atoms with van der Waals surface area (Å²) in [6.45, 7) is 0.807. The lowest BCUT2D eigenvalue weighted by Gasteiger charge is -2.14. The van der Waals surface area contributed by atoms with Crippen molar-refractivity contribution in [2.75, 3.05) is 31.6 Å². The van der Waals surface area contributed by atoms with Crippen molar-refractivity contribution in [3.63, 3.8) is 0 Å². The standard InChI is InChI=1S/C20H20ClN3O4/c21-15-7-5-14(6-8-15)9-10-22-17-4-2-1-3-16(17)19(26)28-13-18(25)24-12-11-23-20(24)27/h1-8,22H,9-13H2,(H,23,27). The highest BCUT2D eigenvalue weighted by molar-refractivity contribution is 6.30. The second-order valence-electron chi connectivity index (χ2n) is 6.20. The highest BCUT2D eigenvalue weighted by Gasteiger charge is 2.27. The number of para-hydroxylation sites is 1. The maximum atomic E-state index is 12.4. The molecular weight excluding hydrogens is 382 g/mol. The first-order valence-electron chi connectivity index (χ1n) is 8.87. The van der Waals surface area contributed by atoms with E-state index in [-0.39, 0.29) is 6.54 Å². The summed E-state index contributed by atoms with van der Waals surface area (Å²) < 4.78 is 5.10. The number of hydrogen-bond acceptors (Lipinski definition) is 5. The Bertz CT molecular complexity index is 870. The third kappa shape index (κ3) is 5.01. The molecule has 0 radical (unpaired) electrons. The van der Waals surface area contributed by atoms with Gasteiger partial charge in [0, 0.05) is 30.3 Å². The Morgan fingerprint density at radius 3 is 2.61 bits per heavy atom. The molecule has 1 saturated heterocycles. The smallest absolute Gasteiger partial charge is 0.340 e. The minimum atomic E-state index is -0.623. The average molecular weight is 402 g/mol. The maximum Gasteiger partial charge on any atom is 0.340 e. The zero-order chi connectivity index (χ0) is 19.9. The Kier molecular flexibility index (Phi) is 6.49. The number of halogens is 1. The lowest BCUT2D eigenvalue weighted by molar-refractivity contribution is -0.130. The first-order chi connectivity index (χ1) is 13.5. The number of ether oxygens (including phenoxy) is 1. The van der Waals surface area contributed by atoms with E-state index in [2.05, 4.69) is 10.6 Å². The van der Waals surface area contributed by atoms with Crippen molar-refractivity contribution in [2.45, 2.75) is 6.42 Å². The molecule has 28 heavy (non-hydrogen) atoms. The summed E-state index contributed by atoms with van der Waals surface area (Å²) in [5, 5.41) is 6.43. The van der Waals surface area contributed by atoms with Crippen LogP contribution in [-0.4, -0.2) is 49.0 Å². The van der Waals surface area contributed by atoms with Crippen molar-refractivity contribution in [1.82, 2.24) is 10.2 Å². The van der Waals surface area contributed by atoms with E-state index in [0.29, 0.717) is 29.4 Å². The number of carbonyl (C=O) groups excluding carboxylic acids is 3. The Hall–Kier alpha value is -3.06. The van der Waals surface area contributed by atoms with Crippen LogP contribution in [0.15, 0.2) is 48.5 Å². The number of nitrogens with zero attached hydrogens (tertiary/aromatic N) is 1. The minimum Gasteiger partial charge on any atom is -0.452 e. The van der Waals surface area contributed by atoms with Crippen LogP contribution in [-0.2, 0) is 16.0 Å². The number of urea groups is 1. The van der Waals surface area contributed by atoms with Crippen LogP contribution < -0.4 is 10.6 Å². The minimum absolute atomic E-state index is 0.276. The van der Waals surface area contributed by atoms with Gasteiger partial charge in [-0.15, -0.1) is 0 Å². The number of rotatable bonds is 7. The molecular formula is C20H20ClN3O4. The van der Waals surface area contributed by atoms with Gasteiger partial charge in [-0.2, -0.15) is 0 Å². The second-order valence-corrected chi connectivity index (χ2v) is 6.64. The van der Waals surface area contributed by atoms with Crippen LogP contribution in [0.1, 0.15) is 15.9 Å². The summed E-state index contributed by atoms with van der Waals surface area (Å²) in [7, 11) is 0. The van der Waals surface area contributed by atoms with Gasteiger partial charge in [-0.3, -0.25) is 9.69 Å². The van der Waals surface area contributed by atoms with Crippen LogP contribution >= 0.6 is 11.6 Å². The van der Waals surface area contributed by atoms with Crippen LogP contribution in [0.4, 0.5) is 10.5 Å². The van der Waals surface area contributed by atoms with E-state index in [9.17, 15) is 14.4 Å². The third-order valence-electron chi connectivity index (χ3n) is 4.27. The molecule has 0 unspecified atom stereocenters. The Morgan fingerprint density at radius 2 is 1.89 bits per heavy atom. The molecule has 0 aromatic heterocycles. The summed E-state index contributed by atoms with van der Waals surface area (Å²) in [6.07, 6.45) is 0.753. The lowest BCUT2D eigenvalue weighted by atomic mass is 10.1. The van der Waals surface area contributed by atoms with E-state index in [0.717, 1.165) is 16.9 Å². The van der Waals surface area contributed by atoms with Crippen molar-refractivity contribution in [3.05, 3.63) is 64.7 Å². The molecule has 2 N–H and O–H groups in total. The van der Waals surface area contributed by atoms with Crippen LogP contribution in [0, 0.1) is 0 Å². The average Bonchev–Trinajstić information content (AvgIpc) is 3.14. The van der Waals surface area contributed by atoms with E-state index in [4.69, 9.17) is 16.3 Å². The molecule has 7 nitrogen and oxygen atoms in total. The Labute approximate surface area is 167 Å². The topological polar surface area (TPSA) is 87.7 Å². The van der Waals surface area contributed by atoms with E-state index in [1.165, 1.54) is 0 Å². The molecule has 3 rings (SSSR count). The summed E-state index contributed by atoms with van der Waals surface area (Å²) in [5.74, 6) is -1.17. The van der Waals surface area contributed by atoms with E-state index >= 15 is 0 Å². The molecule has 146 valence electrons. The van der Waals surface area contributed by atoms with E-state index < -0.39 is 24.5 Å². The van der Waals surface area contributed by atoms with Gasteiger partial charge in [-0.05, 0) is 36.2 Å². The number of carbonyl (C=O) groups is 3. The number of benzene rings is 2. The summed E-state index contributed by atoms with van der Waals surface area (Å²) in [6, 6.07) is 14.0. The molecule has 3 amide bonds. The zero-order valence-electron chi connectivity index (χ0n) is 15.1. The predicted molar refractivity (Wildman–Crippen MR) is 105 cm³/mol. The fourth-order valence-electron chi connectivity index (χ4n) is 2.80. The third-order valence-corrected chi connectivity index (χ3v) is 4.53. The summed E-state index contributed by atoms with van der Waals surface area (Å²) in [5.41, 5.74) is 2.07. The monoisotopic (exact) mass is 401 g/mol. The second kappa shape index (κ2) is 9.23. The molecule has 0 saturated carbocycles. The molecule has 2 aromatic carbocycles. The van der Waals surface area contributed by atoms with Gasteiger partial charge >= 0.3 is 12.0 Å². The molecule has 2 aromatic rings. The fourth-order valence-corrected chi connectivity index (χ4v) is 2.93. The van der Waals surface area contributed by atoms with Gasteiger partial charge in [-0.25, -0.2) is 9.59 Å². The Balaban J connectivity index is 1.54. The summed E-state index contributed by atoms with van der Waals surface area (Å²) >= 11 is 5.88. The first kappa shape index (κ1) is 19.7. The summed E-state index contributed by atoms with van der Waals surface area (Å²) in [4.78, 5) is 36.9. The number of esters is 1. The molecule has 8 heteroatoms. The van der Waals surface area contributed by atoms with Crippen LogP contribution in [0.2, 0.25) is 5.02 Å². The normalized spacial score (nSPS) is 13.2. The van der Waals surface area contributed by atoms with E-state index in [1.54, 1.807) is 24.3 Å². The van der Waals surface area contributed by atoms with Gasteiger partial charge < -0.3 is 15.4 Å². The van der Waals surface area contributed by atoms with Crippen LogP contribution in [0.25, 0.3) is 0 Å². The number of imide groups is 1. The highest BCUT2D eigenvalue weighted by atomic mass is 35.5. The first-order valence-corrected chi connectivity index (χ1v) is 9.25. The molecule has 1 aliphatic heterocycles. The molecule has 1 heterocycles. The van der Waals surface area contributed by atoms with Gasteiger partial charge in [0.15, 0.2) is 6.61 Å². The van der Waals surface area contributed by atoms with Crippen molar-refractivity contribution >= 4 is 35.2 Å². The van der Waals surface area contributed by atoms with Crippen LogP contribution in [0.3, 0.4) is 0 Å². The van der Waals surface area contributed by atoms with Crippen molar-refractivity contribution in [1.29, 1.82) is 0 Å². The number of amides is 3. The number of anilines is 1. The number of nitrogens with one attached hydrogen (secondary N) is 2. The SMILES string of the molecule is O=C(OCC(=O)N1CCNC1=O)c1ccccc1NCCc1ccc(Cl)cc1. The van der Waals surface area contributed by atoms with Gasteiger partial charge in [-0.1, -0.05) is 35.9 Å². The predicted octanol–water partition coefficient (Wildman–Crippen LogP) is 2.70. The van der Waals surface area contributed by atoms with Crippen molar-refractivity contribution in [2.24, 2.45) is 0 Å². The lowest BCUT2D eigenvalue weighted by Crippen LogP contribution is -2.37. The molecule has 1 aliphatic rings. The molecule has 0 spiro atoms. The molecule has 0 atom stereocenters. The molecule has 0 bridgehead atoms. The molecule has 1 fully saturated rings. The highest BCUT2D eigenvalue weighted by Crippen LogP contribution is 2.17. The largest absolute Gasteiger partial charge is 0.452 e. The zero-order valence-corrected chi connectivity index (χ0v) is 15.9. The molecule has 0 aliphatic carbocycles.